The largest absolute Gasteiger partial charge is 0.343 e. The second-order valence-electron chi connectivity index (χ2n) is 5.76. The van der Waals surface area contributed by atoms with E-state index in [0.29, 0.717) is 43.2 Å². The van der Waals surface area contributed by atoms with Crippen molar-refractivity contribution < 1.29 is 13.2 Å². The number of amides is 1. The van der Waals surface area contributed by atoms with Crippen LogP contribution in [0.3, 0.4) is 0 Å². The van der Waals surface area contributed by atoms with Gasteiger partial charge in [-0.15, -0.1) is 11.3 Å². The zero-order chi connectivity index (χ0) is 17.0. The quantitative estimate of drug-likeness (QED) is 0.785. The Kier molecular flexibility index (Phi) is 6.22. The Morgan fingerprint density at radius 2 is 1.83 bits per heavy atom. The van der Waals surface area contributed by atoms with E-state index in [-0.39, 0.29) is 11.8 Å². The molecule has 23 heavy (non-hydrogen) atoms. The first-order chi connectivity index (χ1) is 10.9. The zero-order valence-electron chi connectivity index (χ0n) is 14.1. The third-order valence-electron chi connectivity index (χ3n) is 4.46. The van der Waals surface area contributed by atoms with E-state index in [2.05, 4.69) is 0 Å². The molecule has 2 rings (SSSR count). The van der Waals surface area contributed by atoms with Gasteiger partial charge in [0, 0.05) is 37.0 Å². The molecule has 1 amide bonds. The van der Waals surface area contributed by atoms with Crippen molar-refractivity contribution in [2.45, 2.75) is 44.2 Å². The maximum atomic E-state index is 12.7. The van der Waals surface area contributed by atoms with Gasteiger partial charge in [0.15, 0.2) is 0 Å². The minimum Gasteiger partial charge on any atom is -0.343 e. The first kappa shape index (κ1) is 18.4. The van der Waals surface area contributed by atoms with Crippen LogP contribution in [-0.2, 0) is 21.2 Å². The fourth-order valence-electron chi connectivity index (χ4n) is 2.95. The Hall–Kier alpha value is -0.920. The van der Waals surface area contributed by atoms with Gasteiger partial charge in [0.05, 0.1) is 0 Å². The molecule has 1 aromatic heterocycles. The lowest BCUT2D eigenvalue weighted by Crippen LogP contribution is -2.44. The average Bonchev–Trinajstić information content (AvgIpc) is 3.06. The van der Waals surface area contributed by atoms with Gasteiger partial charge in [-0.05, 0) is 45.2 Å². The van der Waals surface area contributed by atoms with Gasteiger partial charge in [0.25, 0.3) is 10.0 Å². The van der Waals surface area contributed by atoms with Crippen molar-refractivity contribution in [3.8, 4) is 0 Å². The number of rotatable bonds is 6. The monoisotopic (exact) mass is 358 g/mol. The maximum Gasteiger partial charge on any atom is 0.252 e. The van der Waals surface area contributed by atoms with E-state index in [0.717, 1.165) is 11.3 Å². The predicted molar refractivity (Wildman–Crippen MR) is 93.1 cm³/mol. The number of thiophene rings is 1. The van der Waals surface area contributed by atoms with Crippen LogP contribution in [-0.4, -0.2) is 49.7 Å². The molecule has 0 bridgehead atoms. The summed E-state index contributed by atoms with van der Waals surface area (Å²) < 4.78 is 27.3. The topological polar surface area (TPSA) is 57.7 Å². The molecule has 7 heteroatoms. The number of carbonyl (C=O) groups excluding carboxylic acids is 1. The fourth-order valence-corrected chi connectivity index (χ4v) is 5.87. The minimum absolute atomic E-state index is 0.0455. The Bertz CT molecular complexity index is 628. The van der Waals surface area contributed by atoms with Crippen LogP contribution in [0.15, 0.2) is 16.3 Å². The Balaban J connectivity index is 2.02. The molecule has 0 aliphatic carbocycles. The molecule has 0 atom stereocenters. The molecule has 0 radical (unpaired) electrons. The number of hydrogen-bond donors (Lipinski definition) is 0. The van der Waals surface area contributed by atoms with E-state index in [1.807, 2.05) is 31.7 Å². The van der Waals surface area contributed by atoms with Crippen LogP contribution >= 0.6 is 11.3 Å². The Labute approximate surface area is 143 Å². The number of carbonyl (C=O) groups is 1. The van der Waals surface area contributed by atoms with Crippen LogP contribution in [0.25, 0.3) is 0 Å². The highest BCUT2D eigenvalue weighted by atomic mass is 32.2. The van der Waals surface area contributed by atoms with Gasteiger partial charge < -0.3 is 4.90 Å². The summed E-state index contributed by atoms with van der Waals surface area (Å²) in [6.07, 6.45) is 2.07. The second-order valence-corrected chi connectivity index (χ2v) is 9.10. The summed E-state index contributed by atoms with van der Waals surface area (Å²) >= 11 is 1.35. The molecule has 1 fully saturated rings. The third-order valence-corrected chi connectivity index (χ3v) is 8.05. The normalized spacial score (nSPS) is 17.3. The van der Waals surface area contributed by atoms with Crippen molar-refractivity contribution in [1.82, 2.24) is 9.21 Å². The van der Waals surface area contributed by atoms with Crippen LogP contribution in [0.2, 0.25) is 0 Å². The molecule has 1 aliphatic heterocycles. The van der Waals surface area contributed by atoms with E-state index in [9.17, 15) is 13.2 Å². The lowest BCUT2D eigenvalue weighted by Gasteiger charge is -2.32. The molecular weight excluding hydrogens is 332 g/mol. The molecule has 1 aromatic rings. The molecule has 0 saturated carbocycles. The lowest BCUT2D eigenvalue weighted by atomic mass is 9.96. The van der Waals surface area contributed by atoms with Gasteiger partial charge in [0.2, 0.25) is 5.91 Å². The first-order valence-corrected chi connectivity index (χ1v) is 10.6. The summed E-state index contributed by atoms with van der Waals surface area (Å²) in [5, 5.41) is 0. The minimum atomic E-state index is -3.40. The number of aryl methyl sites for hydroxylation is 1. The van der Waals surface area contributed by atoms with Gasteiger partial charge in [-0.2, -0.15) is 4.31 Å². The van der Waals surface area contributed by atoms with E-state index in [1.54, 1.807) is 6.07 Å². The summed E-state index contributed by atoms with van der Waals surface area (Å²) in [6, 6.07) is 3.58. The van der Waals surface area contributed by atoms with Crippen LogP contribution in [0.1, 0.15) is 38.5 Å². The van der Waals surface area contributed by atoms with Gasteiger partial charge in [-0.1, -0.05) is 6.92 Å². The Morgan fingerprint density at radius 3 is 2.30 bits per heavy atom. The van der Waals surface area contributed by atoms with E-state index in [4.69, 9.17) is 0 Å². The van der Waals surface area contributed by atoms with Crippen LogP contribution in [0, 0.1) is 5.92 Å². The Morgan fingerprint density at radius 1 is 1.22 bits per heavy atom. The maximum absolute atomic E-state index is 12.7. The number of piperidine rings is 1. The van der Waals surface area contributed by atoms with Gasteiger partial charge in [0.1, 0.15) is 4.21 Å². The molecule has 0 spiro atoms. The molecular formula is C16H26N2O3S2. The summed E-state index contributed by atoms with van der Waals surface area (Å²) in [5.74, 6) is 0.118. The van der Waals surface area contributed by atoms with E-state index >= 15 is 0 Å². The highest BCUT2D eigenvalue weighted by Crippen LogP contribution is 2.29. The summed E-state index contributed by atoms with van der Waals surface area (Å²) in [5.41, 5.74) is 0. The summed E-state index contributed by atoms with van der Waals surface area (Å²) in [4.78, 5) is 15.3. The number of hydrogen-bond acceptors (Lipinski definition) is 4. The van der Waals surface area contributed by atoms with Crippen molar-refractivity contribution in [2.75, 3.05) is 26.2 Å². The SMILES string of the molecule is CCc1ccc(S(=O)(=O)N2CCC(C(=O)N(CC)CC)CC2)s1. The number of nitrogens with zero attached hydrogens (tertiary/aromatic N) is 2. The zero-order valence-corrected chi connectivity index (χ0v) is 15.8. The number of sulfonamides is 1. The smallest absolute Gasteiger partial charge is 0.252 e. The van der Waals surface area contributed by atoms with Crippen molar-refractivity contribution in [3.63, 3.8) is 0 Å². The fraction of sp³-hybridized carbons (Fsp3) is 0.688. The van der Waals surface area contributed by atoms with E-state index in [1.165, 1.54) is 15.6 Å². The van der Waals surface area contributed by atoms with Crippen LogP contribution < -0.4 is 0 Å². The van der Waals surface area contributed by atoms with Crippen molar-refractivity contribution >= 4 is 27.3 Å². The predicted octanol–water partition coefficient (Wildman–Crippen LogP) is 2.58. The molecule has 0 N–H and O–H groups in total. The second kappa shape index (κ2) is 7.77. The van der Waals surface area contributed by atoms with Crippen LogP contribution in [0.5, 0.6) is 0 Å². The van der Waals surface area contributed by atoms with Crippen LogP contribution in [0.4, 0.5) is 0 Å². The van der Waals surface area contributed by atoms with Crippen molar-refractivity contribution in [1.29, 1.82) is 0 Å². The summed E-state index contributed by atoms with van der Waals surface area (Å²) in [6.45, 7) is 8.25. The lowest BCUT2D eigenvalue weighted by molar-refractivity contribution is -0.136. The van der Waals surface area contributed by atoms with Gasteiger partial charge >= 0.3 is 0 Å². The van der Waals surface area contributed by atoms with Crippen molar-refractivity contribution in [3.05, 3.63) is 17.0 Å². The summed E-state index contributed by atoms with van der Waals surface area (Å²) in [7, 11) is -3.40. The highest BCUT2D eigenvalue weighted by Gasteiger charge is 2.33. The molecule has 1 aliphatic rings. The highest BCUT2D eigenvalue weighted by molar-refractivity contribution is 7.91. The van der Waals surface area contributed by atoms with Gasteiger partial charge in [-0.3, -0.25) is 4.79 Å². The molecule has 2 heterocycles. The molecule has 0 aromatic carbocycles. The first-order valence-electron chi connectivity index (χ1n) is 8.31. The third kappa shape index (κ3) is 3.95. The molecule has 1 saturated heterocycles. The van der Waals surface area contributed by atoms with Gasteiger partial charge in [-0.25, -0.2) is 8.42 Å². The molecule has 130 valence electrons. The molecule has 0 unspecified atom stereocenters. The standard InChI is InChI=1S/C16H26N2O3S2/c1-4-14-7-8-15(22-14)23(20,21)18-11-9-13(10-12-18)16(19)17(5-2)6-3/h7-8,13H,4-6,9-12H2,1-3H3. The van der Waals surface area contributed by atoms with Crippen molar-refractivity contribution in [2.24, 2.45) is 5.92 Å². The average molecular weight is 359 g/mol. The van der Waals surface area contributed by atoms with E-state index < -0.39 is 10.0 Å². The molecule has 5 nitrogen and oxygen atoms in total.